The van der Waals surface area contributed by atoms with Crippen molar-refractivity contribution in [1.29, 1.82) is 0 Å². The monoisotopic (exact) mass is 483 g/mol. The molecule has 9 nitrogen and oxygen atoms in total. The van der Waals surface area contributed by atoms with Crippen LogP contribution in [0.5, 0.6) is 17.2 Å². The number of nitrogens with zero attached hydrogens (tertiary/aromatic N) is 2. The third-order valence-electron chi connectivity index (χ3n) is 4.38. The van der Waals surface area contributed by atoms with Gasteiger partial charge in [-0.15, -0.1) is 0 Å². The summed E-state index contributed by atoms with van der Waals surface area (Å²) < 4.78 is 29.7. The number of non-ortho nitro benzene ring substituents is 1. The summed E-state index contributed by atoms with van der Waals surface area (Å²) in [6, 6.07) is 13.8. The highest BCUT2D eigenvalue weighted by molar-refractivity contribution is 6.32. The largest absolute Gasteiger partial charge is 0.484 e. The molecule has 4 rings (SSSR count). The molecule has 0 aliphatic heterocycles. The number of pyridine rings is 1. The van der Waals surface area contributed by atoms with Gasteiger partial charge in [0, 0.05) is 18.3 Å². The maximum atomic E-state index is 13.1. The minimum atomic E-state index is -0.640. The van der Waals surface area contributed by atoms with Gasteiger partial charge in [0.25, 0.3) is 11.6 Å². The fourth-order valence-corrected chi connectivity index (χ4v) is 3.10. The van der Waals surface area contributed by atoms with Crippen LogP contribution in [-0.4, -0.2) is 15.8 Å². The summed E-state index contributed by atoms with van der Waals surface area (Å²) >= 11 is 5.92. The molecule has 0 aliphatic rings. The number of benzene rings is 2. The van der Waals surface area contributed by atoms with E-state index in [4.69, 9.17) is 25.5 Å². The van der Waals surface area contributed by atoms with Crippen LogP contribution in [-0.2, 0) is 6.61 Å². The van der Waals surface area contributed by atoms with Gasteiger partial charge in [0.15, 0.2) is 5.76 Å². The highest BCUT2D eigenvalue weighted by atomic mass is 35.5. The molecule has 0 bridgehead atoms. The third-order valence-corrected chi connectivity index (χ3v) is 4.67. The summed E-state index contributed by atoms with van der Waals surface area (Å²) in [7, 11) is 0. The summed E-state index contributed by atoms with van der Waals surface area (Å²) in [5, 5.41) is 14.0. The summed E-state index contributed by atoms with van der Waals surface area (Å²) in [6.07, 6.45) is 3.01. The van der Waals surface area contributed by atoms with Crippen LogP contribution < -0.4 is 14.8 Å². The Balaban J connectivity index is 1.45. The van der Waals surface area contributed by atoms with Gasteiger partial charge in [0.1, 0.15) is 35.4 Å². The number of amides is 1. The maximum absolute atomic E-state index is 13.1. The van der Waals surface area contributed by atoms with Crippen molar-refractivity contribution >= 4 is 28.9 Å². The molecule has 0 unspecified atom stereocenters. The van der Waals surface area contributed by atoms with Gasteiger partial charge in [-0.05, 0) is 42.5 Å². The number of halogens is 2. The highest BCUT2D eigenvalue weighted by Gasteiger charge is 2.16. The minimum absolute atomic E-state index is 0.0509. The van der Waals surface area contributed by atoms with Gasteiger partial charge in [0.2, 0.25) is 0 Å². The third kappa shape index (κ3) is 5.67. The Hall–Kier alpha value is -4.44. The first-order valence-corrected chi connectivity index (χ1v) is 10.1. The van der Waals surface area contributed by atoms with Crippen molar-refractivity contribution in [3.8, 4) is 17.2 Å². The Morgan fingerprint density at radius 2 is 2.00 bits per heavy atom. The van der Waals surface area contributed by atoms with Crippen molar-refractivity contribution in [2.24, 2.45) is 0 Å². The number of nitro benzene ring substituents is 1. The molecular weight excluding hydrogens is 469 g/mol. The van der Waals surface area contributed by atoms with Crippen molar-refractivity contribution in [1.82, 2.24) is 4.98 Å². The number of ether oxygens (including phenoxy) is 2. The molecule has 1 N–H and O–H groups in total. The lowest BCUT2D eigenvalue weighted by atomic mass is 10.2. The smallest absolute Gasteiger partial charge is 0.291 e. The fourth-order valence-electron chi connectivity index (χ4n) is 2.87. The van der Waals surface area contributed by atoms with Crippen LogP contribution in [0.25, 0.3) is 0 Å². The molecule has 4 aromatic rings. The first-order chi connectivity index (χ1) is 16.4. The van der Waals surface area contributed by atoms with E-state index in [1.165, 1.54) is 48.7 Å². The number of anilines is 1. The fraction of sp³-hybridized carbons (Fsp3) is 0.0435. The molecule has 2 aromatic heterocycles. The van der Waals surface area contributed by atoms with E-state index in [9.17, 15) is 19.3 Å². The number of nitrogens with one attached hydrogen (secondary N) is 1. The Kier molecular flexibility index (Phi) is 6.69. The number of furan rings is 1. The van der Waals surface area contributed by atoms with E-state index < -0.39 is 16.6 Å². The number of carbonyl (C=O) groups is 1. The lowest BCUT2D eigenvalue weighted by molar-refractivity contribution is -0.384. The first kappa shape index (κ1) is 22.7. The Morgan fingerprint density at radius 3 is 2.74 bits per heavy atom. The number of aromatic nitrogens is 1. The lowest BCUT2D eigenvalue weighted by Gasteiger charge is -2.09. The molecule has 172 valence electrons. The van der Waals surface area contributed by atoms with Gasteiger partial charge in [-0.25, -0.2) is 4.39 Å². The van der Waals surface area contributed by atoms with Crippen LogP contribution in [0.3, 0.4) is 0 Å². The Bertz CT molecular complexity index is 1350. The molecule has 0 spiro atoms. The zero-order chi connectivity index (χ0) is 24.1. The zero-order valence-electron chi connectivity index (χ0n) is 17.2. The molecule has 34 heavy (non-hydrogen) atoms. The normalized spacial score (nSPS) is 10.5. The second-order valence-corrected chi connectivity index (χ2v) is 7.25. The van der Waals surface area contributed by atoms with E-state index in [1.807, 2.05) is 0 Å². The molecule has 2 aromatic carbocycles. The topological polar surface area (TPSA) is 117 Å². The molecule has 0 atom stereocenters. The van der Waals surface area contributed by atoms with Crippen molar-refractivity contribution in [3.63, 3.8) is 0 Å². The van der Waals surface area contributed by atoms with Crippen LogP contribution >= 0.6 is 11.6 Å². The number of nitro groups is 1. The van der Waals surface area contributed by atoms with Gasteiger partial charge in [0.05, 0.1) is 27.9 Å². The molecule has 0 saturated heterocycles. The van der Waals surface area contributed by atoms with E-state index in [0.29, 0.717) is 11.5 Å². The number of hydrogen-bond acceptors (Lipinski definition) is 7. The van der Waals surface area contributed by atoms with Gasteiger partial charge in [-0.1, -0.05) is 11.6 Å². The predicted molar refractivity (Wildman–Crippen MR) is 120 cm³/mol. The average molecular weight is 484 g/mol. The molecule has 0 aliphatic carbocycles. The molecule has 0 saturated carbocycles. The van der Waals surface area contributed by atoms with Gasteiger partial charge in [-0.2, -0.15) is 0 Å². The maximum Gasteiger partial charge on any atom is 0.291 e. The first-order valence-electron chi connectivity index (χ1n) is 9.72. The van der Waals surface area contributed by atoms with Crippen LogP contribution in [0.4, 0.5) is 15.8 Å². The van der Waals surface area contributed by atoms with Gasteiger partial charge < -0.3 is 19.2 Å². The SMILES string of the molecule is O=C(Nc1cc(Oc2cccnc2)cc([N+](=O)[O-])c1)c1ccc(COc2ccc(F)cc2Cl)o1. The summed E-state index contributed by atoms with van der Waals surface area (Å²) in [6.45, 7) is -0.0570. The van der Waals surface area contributed by atoms with E-state index in [1.54, 1.807) is 18.3 Å². The molecule has 0 fully saturated rings. The predicted octanol–water partition coefficient (Wildman–Crippen LogP) is 6.00. The Morgan fingerprint density at radius 1 is 1.15 bits per heavy atom. The van der Waals surface area contributed by atoms with Crippen molar-refractivity contribution < 1.29 is 28.0 Å². The summed E-state index contributed by atoms with van der Waals surface area (Å²) in [5.74, 6) is -0.110. The number of rotatable bonds is 8. The second kappa shape index (κ2) is 10.0. The highest BCUT2D eigenvalue weighted by Crippen LogP contribution is 2.30. The van der Waals surface area contributed by atoms with Crippen molar-refractivity contribution in [2.45, 2.75) is 6.61 Å². The van der Waals surface area contributed by atoms with Crippen LogP contribution in [0, 0.1) is 15.9 Å². The minimum Gasteiger partial charge on any atom is -0.484 e. The van der Waals surface area contributed by atoms with Crippen molar-refractivity contribution in [2.75, 3.05) is 5.32 Å². The molecular formula is C23H15ClFN3O6. The van der Waals surface area contributed by atoms with E-state index in [0.717, 1.165) is 6.07 Å². The second-order valence-electron chi connectivity index (χ2n) is 6.85. The molecule has 2 heterocycles. The summed E-state index contributed by atoms with van der Waals surface area (Å²) in [5.41, 5.74) is -0.146. The molecule has 0 radical (unpaired) electrons. The summed E-state index contributed by atoms with van der Waals surface area (Å²) in [4.78, 5) is 27.2. The Labute approximate surface area is 196 Å². The number of hydrogen-bond donors (Lipinski definition) is 1. The van der Waals surface area contributed by atoms with Gasteiger partial charge >= 0.3 is 0 Å². The molecule has 11 heteroatoms. The van der Waals surface area contributed by atoms with Crippen LogP contribution in [0.2, 0.25) is 5.02 Å². The van der Waals surface area contributed by atoms with E-state index >= 15 is 0 Å². The zero-order valence-corrected chi connectivity index (χ0v) is 18.0. The van der Waals surface area contributed by atoms with Gasteiger partial charge in [-0.3, -0.25) is 19.9 Å². The van der Waals surface area contributed by atoms with E-state index in [2.05, 4.69) is 10.3 Å². The quantitative estimate of drug-likeness (QED) is 0.241. The average Bonchev–Trinajstić information content (AvgIpc) is 3.28. The molecule has 1 amide bonds. The van der Waals surface area contributed by atoms with E-state index in [-0.39, 0.29) is 40.3 Å². The van der Waals surface area contributed by atoms with Crippen molar-refractivity contribution in [3.05, 3.63) is 106 Å². The van der Waals surface area contributed by atoms with Crippen LogP contribution in [0.1, 0.15) is 16.3 Å². The number of carbonyl (C=O) groups excluding carboxylic acids is 1. The lowest BCUT2D eigenvalue weighted by Crippen LogP contribution is -2.11. The standard InChI is InChI=1S/C23H15ClFN3O6/c24-20-8-14(25)3-5-21(20)32-13-18-4-6-22(34-18)23(29)27-15-9-16(28(30)31)11-19(10-15)33-17-2-1-7-26-12-17/h1-12H,13H2,(H,27,29). The van der Waals surface area contributed by atoms with Crippen LogP contribution in [0.15, 0.2) is 77.5 Å².